The molecule has 1 aliphatic rings. The molecule has 1 aliphatic heterocycles. The minimum Gasteiger partial charge on any atom is -0.328 e. The van der Waals surface area contributed by atoms with Crippen molar-refractivity contribution in [1.29, 1.82) is 0 Å². The van der Waals surface area contributed by atoms with Crippen molar-refractivity contribution in [3.05, 3.63) is 12.3 Å². The lowest BCUT2D eigenvalue weighted by Gasteiger charge is -1.84. The molecule has 0 unspecified atom stereocenters. The van der Waals surface area contributed by atoms with E-state index < -0.39 is 0 Å². The summed E-state index contributed by atoms with van der Waals surface area (Å²) >= 11 is 4.53. The summed E-state index contributed by atoms with van der Waals surface area (Å²) in [4.78, 5) is 10.4. The summed E-state index contributed by atoms with van der Waals surface area (Å²) in [6, 6.07) is 0. The zero-order valence-corrected chi connectivity index (χ0v) is 4.71. The fourth-order valence-electron chi connectivity index (χ4n) is 0.381. The van der Waals surface area contributed by atoms with Crippen LogP contribution in [0.25, 0.3) is 0 Å². The van der Waals surface area contributed by atoms with Gasteiger partial charge in [-0.15, -0.1) is 0 Å². The van der Waals surface area contributed by atoms with Gasteiger partial charge in [-0.3, -0.25) is 10.1 Å². The van der Waals surface area contributed by atoms with Gasteiger partial charge in [0.15, 0.2) is 5.11 Å². The molecule has 0 bridgehead atoms. The zero-order valence-electron chi connectivity index (χ0n) is 3.89. The molecule has 2 N–H and O–H groups in total. The third kappa shape index (κ3) is 0.696. The maximum atomic E-state index is 10.4. The first-order valence-electron chi connectivity index (χ1n) is 1.95. The summed E-state index contributed by atoms with van der Waals surface area (Å²) in [6.45, 7) is 5.07. The normalized spacial score (nSPS) is 18.2. The van der Waals surface area contributed by atoms with Crippen LogP contribution in [0.4, 0.5) is 0 Å². The van der Waals surface area contributed by atoms with Gasteiger partial charge in [0, 0.05) is 0 Å². The van der Waals surface area contributed by atoms with Crippen LogP contribution >= 0.6 is 12.2 Å². The Bertz CT molecular complexity index is 157. The van der Waals surface area contributed by atoms with E-state index in [9.17, 15) is 4.79 Å². The fraction of sp³-hybridized carbons (Fsp3) is 0. The quantitative estimate of drug-likeness (QED) is 0.334. The van der Waals surface area contributed by atoms with Crippen molar-refractivity contribution in [3.63, 3.8) is 0 Å². The Kier molecular flexibility index (Phi) is 1.02. The molecule has 0 aromatic rings. The highest BCUT2D eigenvalue weighted by atomic mass is 32.1. The van der Waals surface area contributed by atoms with E-state index in [0.717, 1.165) is 0 Å². The largest absolute Gasteiger partial charge is 0.328 e. The summed E-state index contributed by atoms with van der Waals surface area (Å²) in [5.41, 5.74) is 0.0648. The van der Waals surface area contributed by atoms with Gasteiger partial charge in [-0.25, -0.2) is 0 Å². The van der Waals surface area contributed by atoms with Gasteiger partial charge in [0.25, 0.3) is 5.91 Å². The molecule has 8 heavy (non-hydrogen) atoms. The number of amides is 1. The highest BCUT2D eigenvalue weighted by molar-refractivity contribution is 7.80. The predicted molar refractivity (Wildman–Crippen MR) is 31.7 cm³/mol. The van der Waals surface area contributed by atoms with Crippen molar-refractivity contribution < 1.29 is 4.79 Å². The Hall–Kier alpha value is -0.900. The topological polar surface area (TPSA) is 41.1 Å². The first kappa shape index (κ1) is 5.24. The van der Waals surface area contributed by atoms with Crippen molar-refractivity contribution in [2.75, 3.05) is 0 Å². The summed E-state index contributed by atoms with van der Waals surface area (Å²) in [7, 11) is 0. The monoisotopic (exact) mass is 127 g/mol. The molecule has 1 rings (SSSR count). The van der Waals surface area contributed by atoms with E-state index in [4.69, 9.17) is 6.58 Å². The van der Waals surface area contributed by atoms with E-state index in [1.165, 1.54) is 0 Å². The first-order chi connectivity index (χ1) is 3.70. The molecular weight excluding hydrogens is 124 g/mol. The van der Waals surface area contributed by atoms with Gasteiger partial charge in [0.2, 0.25) is 0 Å². The van der Waals surface area contributed by atoms with Crippen LogP contribution in [0.15, 0.2) is 5.70 Å². The minimum absolute atomic E-state index is 0.0648. The number of hydrogen-bond acceptors (Lipinski definition) is 2. The van der Waals surface area contributed by atoms with E-state index in [-0.39, 0.29) is 16.7 Å². The van der Waals surface area contributed by atoms with Crippen LogP contribution in [0.1, 0.15) is 0 Å². The SMILES string of the molecule is [CH]=C1NC(=S)NC1=O. The lowest BCUT2D eigenvalue weighted by Crippen LogP contribution is -2.21. The van der Waals surface area contributed by atoms with Crippen molar-refractivity contribution >= 4 is 23.2 Å². The molecule has 41 valence electrons. The maximum Gasteiger partial charge on any atom is 0.273 e. The van der Waals surface area contributed by atoms with Gasteiger partial charge in [-0.1, -0.05) is 0 Å². The summed E-state index contributed by atoms with van der Waals surface area (Å²) in [5.74, 6) is -0.352. The first-order valence-corrected chi connectivity index (χ1v) is 2.36. The Morgan fingerprint density at radius 3 is 2.25 bits per heavy atom. The summed E-state index contributed by atoms with van der Waals surface area (Å²) in [6.07, 6.45) is 0. The predicted octanol–water partition coefficient (Wildman–Crippen LogP) is -0.692. The molecule has 4 heteroatoms. The molecular formula is C4H3N2OS. The van der Waals surface area contributed by atoms with Gasteiger partial charge in [-0.2, -0.15) is 0 Å². The molecule has 3 nitrogen and oxygen atoms in total. The molecule has 1 fully saturated rings. The van der Waals surface area contributed by atoms with E-state index >= 15 is 0 Å². The van der Waals surface area contributed by atoms with Crippen molar-refractivity contribution in [1.82, 2.24) is 10.6 Å². The minimum atomic E-state index is -0.352. The Morgan fingerprint density at radius 1 is 1.50 bits per heavy atom. The number of hydrogen-bond donors (Lipinski definition) is 2. The van der Waals surface area contributed by atoms with Crippen LogP contribution in [0.2, 0.25) is 0 Å². The Balaban J connectivity index is 2.79. The standard InChI is InChI=1S/C4H3N2OS/c1-2-3(7)6-4(8)5-2/h1H,(H2,5,6,7,8). The summed E-state index contributed by atoms with van der Waals surface area (Å²) < 4.78 is 0. The van der Waals surface area contributed by atoms with Crippen LogP contribution in [0.3, 0.4) is 0 Å². The van der Waals surface area contributed by atoms with E-state index in [2.05, 4.69) is 22.9 Å². The van der Waals surface area contributed by atoms with Crippen LogP contribution in [-0.4, -0.2) is 11.0 Å². The molecule has 0 spiro atoms. The molecule has 1 amide bonds. The number of nitrogens with one attached hydrogen (secondary N) is 2. The fourth-order valence-corrected chi connectivity index (χ4v) is 0.583. The number of carbonyl (C=O) groups is 1. The molecule has 0 atom stereocenters. The van der Waals surface area contributed by atoms with Crippen LogP contribution < -0.4 is 10.6 Å². The average molecular weight is 127 g/mol. The van der Waals surface area contributed by atoms with E-state index in [1.807, 2.05) is 0 Å². The van der Waals surface area contributed by atoms with Crippen molar-refractivity contribution in [2.45, 2.75) is 0 Å². The van der Waals surface area contributed by atoms with Crippen LogP contribution in [0.5, 0.6) is 0 Å². The third-order valence-electron chi connectivity index (χ3n) is 0.720. The Labute approximate surface area is 51.8 Å². The summed E-state index contributed by atoms with van der Waals surface area (Å²) in [5, 5.41) is 4.99. The van der Waals surface area contributed by atoms with Gasteiger partial charge in [0.1, 0.15) is 5.70 Å². The highest BCUT2D eigenvalue weighted by Gasteiger charge is 2.16. The van der Waals surface area contributed by atoms with Crippen molar-refractivity contribution in [2.24, 2.45) is 0 Å². The van der Waals surface area contributed by atoms with Gasteiger partial charge >= 0.3 is 0 Å². The van der Waals surface area contributed by atoms with Crippen LogP contribution in [0, 0.1) is 6.58 Å². The third-order valence-corrected chi connectivity index (χ3v) is 0.924. The lowest BCUT2D eigenvalue weighted by molar-refractivity contribution is -0.115. The van der Waals surface area contributed by atoms with Gasteiger partial charge < -0.3 is 5.32 Å². The molecule has 1 saturated heterocycles. The molecule has 0 aromatic heterocycles. The van der Waals surface area contributed by atoms with Crippen molar-refractivity contribution in [3.8, 4) is 0 Å². The maximum absolute atomic E-state index is 10.4. The molecule has 0 aromatic carbocycles. The second-order valence-corrected chi connectivity index (χ2v) is 1.73. The molecule has 0 saturated carbocycles. The van der Waals surface area contributed by atoms with Gasteiger partial charge in [0.05, 0.1) is 0 Å². The Morgan fingerprint density at radius 2 is 2.12 bits per heavy atom. The smallest absolute Gasteiger partial charge is 0.273 e. The van der Waals surface area contributed by atoms with Gasteiger partial charge in [-0.05, 0) is 18.8 Å². The highest BCUT2D eigenvalue weighted by Crippen LogP contribution is 1.90. The second-order valence-electron chi connectivity index (χ2n) is 1.32. The lowest BCUT2D eigenvalue weighted by atomic mass is 10.5. The van der Waals surface area contributed by atoms with E-state index in [1.54, 1.807) is 0 Å². The number of rotatable bonds is 0. The number of thiocarbonyl (C=S) groups is 1. The average Bonchev–Trinajstić information content (AvgIpc) is 1.85. The molecule has 1 radical (unpaired) electrons. The van der Waals surface area contributed by atoms with E-state index in [0.29, 0.717) is 0 Å². The molecule has 0 aliphatic carbocycles. The van der Waals surface area contributed by atoms with Crippen LogP contribution in [-0.2, 0) is 4.79 Å². The number of carbonyl (C=O) groups excluding carboxylic acids is 1. The second kappa shape index (κ2) is 1.56. The molecule has 1 heterocycles. The zero-order chi connectivity index (χ0) is 6.15.